The molecule has 4 rings (SSSR count). The van der Waals surface area contributed by atoms with Gasteiger partial charge >= 0.3 is 5.97 Å². The van der Waals surface area contributed by atoms with Gasteiger partial charge in [0.1, 0.15) is 5.76 Å². The number of esters is 1. The second-order valence-corrected chi connectivity index (χ2v) is 7.41. The maximum Gasteiger partial charge on any atom is 0.338 e. The number of rotatable bonds is 4. The highest BCUT2D eigenvalue weighted by Gasteiger charge is 2.30. The maximum absolute atomic E-state index is 13.2. The summed E-state index contributed by atoms with van der Waals surface area (Å²) in [5.74, 6) is 0.0739. The van der Waals surface area contributed by atoms with Crippen molar-refractivity contribution < 1.29 is 13.9 Å². The van der Waals surface area contributed by atoms with E-state index in [-0.39, 0.29) is 5.56 Å². The Morgan fingerprint density at radius 3 is 2.72 bits per heavy atom. The first-order valence-corrected chi connectivity index (χ1v) is 9.78. The van der Waals surface area contributed by atoms with Gasteiger partial charge in [-0.25, -0.2) is 9.79 Å². The number of carbonyl (C=O) groups excluding carboxylic acids is 1. The Hall–Kier alpha value is -3.45. The van der Waals surface area contributed by atoms with Crippen LogP contribution in [0.1, 0.15) is 24.3 Å². The molecule has 0 unspecified atom stereocenters. The van der Waals surface area contributed by atoms with Crippen LogP contribution >= 0.6 is 11.3 Å². The Kier molecular flexibility index (Phi) is 5.14. The summed E-state index contributed by atoms with van der Waals surface area (Å²) in [7, 11) is 1.32. The minimum absolute atomic E-state index is 0.234. The topological polar surface area (TPSA) is 73.8 Å². The SMILES string of the molecule is COC(=O)C1=C(C)N=c2sc(=Cc3ccco3)c(=O)n2[C@H]1/C=C/c1ccccc1. The zero-order valence-corrected chi connectivity index (χ0v) is 16.7. The van der Waals surface area contributed by atoms with E-state index in [1.807, 2.05) is 42.5 Å². The molecule has 7 heteroatoms. The number of fused-ring (bicyclic) bond motifs is 1. The molecule has 0 saturated carbocycles. The molecule has 3 aromatic rings. The van der Waals surface area contributed by atoms with Crippen LogP contribution in [0.15, 0.2) is 80.3 Å². The fraction of sp³-hybridized carbons (Fsp3) is 0.136. The first-order valence-electron chi connectivity index (χ1n) is 8.96. The predicted molar refractivity (Wildman–Crippen MR) is 111 cm³/mol. The zero-order chi connectivity index (χ0) is 20.4. The molecule has 1 aromatic carbocycles. The van der Waals surface area contributed by atoms with Crippen LogP contribution in [0.2, 0.25) is 0 Å². The van der Waals surface area contributed by atoms with Crippen LogP contribution in [0.3, 0.4) is 0 Å². The number of thiazole rings is 1. The number of hydrogen-bond acceptors (Lipinski definition) is 6. The number of hydrogen-bond donors (Lipinski definition) is 0. The van der Waals surface area contributed by atoms with Gasteiger partial charge in [0.2, 0.25) is 0 Å². The van der Waals surface area contributed by atoms with E-state index < -0.39 is 12.0 Å². The number of aromatic nitrogens is 1. The Labute approximate surface area is 170 Å². The lowest BCUT2D eigenvalue weighted by atomic mass is 10.0. The summed E-state index contributed by atoms with van der Waals surface area (Å²) in [5.41, 5.74) is 1.60. The third kappa shape index (κ3) is 3.64. The number of carbonyl (C=O) groups is 1. The zero-order valence-electron chi connectivity index (χ0n) is 15.9. The van der Waals surface area contributed by atoms with Crippen LogP contribution in [0, 0.1) is 0 Å². The monoisotopic (exact) mass is 406 g/mol. The van der Waals surface area contributed by atoms with E-state index in [1.165, 1.54) is 23.0 Å². The van der Waals surface area contributed by atoms with Crippen molar-refractivity contribution in [3.8, 4) is 0 Å². The quantitative estimate of drug-likeness (QED) is 0.625. The lowest BCUT2D eigenvalue weighted by Gasteiger charge is -2.21. The molecule has 1 atom stereocenters. The predicted octanol–water partition coefficient (Wildman–Crippen LogP) is 2.67. The standard InChI is InChI=1S/C22H18N2O4S/c1-14-19(21(26)27-2)17(11-10-15-7-4-3-5-8-15)24-20(25)18(29-22(24)23-14)13-16-9-6-12-28-16/h3-13,17H,1-2H3/b11-10+,18-13?/t17-/m0/s1. The Balaban J connectivity index is 1.89. The average molecular weight is 406 g/mol. The summed E-state index contributed by atoms with van der Waals surface area (Å²) in [5, 5.41) is 0. The molecule has 6 nitrogen and oxygen atoms in total. The maximum atomic E-state index is 13.2. The van der Waals surface area contributed by atoms with Crippen molar-refractivity contribution in [3.63, 3.8) is 0 Å². The molecule has 2 aromatic heterocycles. The number of ether oxygens (including phenoxy) is 1. The molecule has 0 radical (unpaired) electrons. The van der Waals surface area contributed by atoms with E-state index in [9.17, 15) is 9.59 Å². The van der Waals surface area contributed by atoms with Gasteiger partial charge in [0.15, 0.2) is 4.80 Å². The molecule has 0 spiro atoms. The van der Waals surface area contributed by atoms with Crippen molar-refractivity contribution >= 4 is 29.5 Å². The van der Waals surface area contributed by atoms with Crippen molar-refractivity contribution in [2.75, 3.05) is 7.11 Å². The van der Waals surface area contributed by atoms with Crippen molar-refractivity contribution in [3.05, 3.63) is 97.1 Å². The van der Waals surface area contributed by atoms with Crippen molar-refractivity contribution in [1.82, 2.24) is 4.57 Å². The van der Waals surface area contributed by atoms with Gasteiger partial charge in [0.05, 0.1) is 35.2 Å². The molecule has 0 N–H and O–H groups in total. The molecule has 0 amide bonds. The van der Waals surface area contributed by atoms with E-state index in [2.05, 4.69) is 4.99 Å². The summed E-state index contributed by atoms with van der Waals surface area (Å²) in [6.45, 7) is 1.75. The van der Waals surface area contributed by atoms with Crippen LogP contribution < -0.4 is 14.9 Å². The van der Waals surface area contributed by atoms with E-state index in [0.29, 0.717) is 26.4 Å². The summed E-state index contributed by atoms with van der Waals surface area (Å²) in [6.07, 6.45) is 6.94. The lowest BCUT2D eigenvalue weighted by Crippen LogP contribution is -2.38. The van der Waals surface area contributed by atoms with Gasteiger partial charge in [0.25, 0.3) is 5.56 Å². The molecule has 0 bridgehead atoms. The van der Waals surface area contributed by atoms with Gasteiger partial charge in [-0.2, -0.15) is 0 Å². The highest BCUT2D eigenvalue weighted by Crippen LogP contribution is 2.26. The molecule has 29 heavy (non-hydrogen) atoms. The first kappa shape index (κ1) is 18.9. The highest BCUT2D eigenvalue weighted by atomic mass is 32.1. The van der Waals surface area contributed by atoms with Crippen LogP contribution in [0.25, 0.3) is 12.2 Å². The average Bonchev–Trinajstić information content (AvgIpc) is 3.34. The van der Waals surface area contributed by atoms with E-state index in [4.69, 9.17) is 9.15 Å². The lowest BCUT2D eigenvalue weighted by molar-refractivity contribution is -0.136. The smallest absolute Gasteiger partial charge is 0.338 e. The van der Waals surface area contributed by atoms with Crippen LogP contribution in [-0.2, 0) is 9.53 Å². The summed E-state index contributed by atoms with van der Waals surface area (Å²) < 4.78 is 12.3. The minimum atomic E-state index is -0.613. The molecule has 1 aliphatic heterocycles. The van der Waals surface area contributed by atoms with E-state index >= 15 is 0 Å². The van der Waals surface area contributed by atoms with E-state index in [0.717, 1.165) is 5.56 Å². The molecule has 1 aliphatic rings. The number of furan rings is 1. The van der Waals surface area contributed by atoms with Crippen molar-refractivity contribution in [1.29, 1.82) is 0 Å². The number of methoxy groups -OCH3 is 1. The second-order valence-electron chi connectivity index (χ2n) is 6.40. The Bertz CT molecular complexity index is 1280. The third-order valence-electron chi connectivity index (χ3n) is 4.56. The highest BCUT2D eigenvalue weighted by molar-refractivity contribution is 7.07. The number of benzene rings is 1. The molecule has 0 fully saturated rings. The minimum Gasteiger partial charge on any atom is -0.466 e. The second kappa shape index (κ2) is 7.89. The van der Waals surface area contributed by atoms with Crippen LogP contribution in [0.4, 0.5) is 0 Å². The van der Waals surface area contributed by atoms with Gasteiger partial charge in [0, 0.05) is 6.08 Å². The summed E-state index contributed by atoms with van der Waals surface area (Å²) in [4.78, 5) is 30.6. The summed E-state index contributed by atoms with van der Waals surface area (Å²) in [6, 6.07) is 12.6. The third-order valence-corrected chi connectivity index (χ3v) is 5.54. The number of allylic oxidation sites excluding steroid dienone is 2. The molecule has 0 saturated heterocycles. The molecule has 0 aliphatic carbocycles. The van der Waals surface area contributed by atoms with Gasteiger partial charge in [-0.05, 0) is 24.6 Å². The van der Waals surface area contributed by atoms with Gasteiger partial charge < -0.3 is 9.15 Å². The molecular weight excluding hydrogens is 388 g/mol. The fourth-order valence-corrected chi connectivity index (χ4v) is 4.22. The van der Waals surface area contributed by atoms with Gasteiger partial charge in [-0.1, -0.05) is 53.8 Å². The molecular formula is C22H18N2O4S. The molecule has 146 valence electrons. The molecule has 3 heterocycles. The van der Waals surface area contributed by atoms with Crippen molar-refractivity contribution in [2.24, 2.45) is 4.99 Å². The van der Waals surface area contributed by atoms with Crippen LogP contribution in [0.5, 0.6) is 0 Å². The normalized spacial score (nSPS) is 16.8. The first-order chi connectivity index (χ1) is 14.1. The van der Waals surface area contributed by atoms with Crippen molar-refractivity contribution in [2.45, 2.75) is 13.0 Å². The van der Waals surface area contributed by atoms with E-state index in [1.54, 1.807) is 31.4 Å². The Morgan fingerprint density at radius 2 is 2.03 bits per heavy atom. The Morgan fingerprint density at radius 1 is 1.24 bits per heavy atom. The van der Waals surface area contributed by atoms with Gasteiger partial charge in [-0.3, -0.25) is 9.36 Å². The van der Waals surface area contributed by atoms with Gasteiger partial charge in [-0.15, -0.1) is 0 Å². The fourth-order valence-electron chi connectivity index (χ4n) is 3.19. The van der Waals surface area contributed by atoms with Crippen LogP contribution in [-0.4, -0.2) is 17.6 Å². The summed E-state index contributed by atoms with van der Waals surface area (Å²) >= 11 is 1.26. The largest absolute Gasteiger partial charge is 0.466 e. The number of nitrogens with zero attached hydrogens (tertiary/aromatic N) is 2.